The molecule has 1 aromatic heterocycles. The lowest BCUT2D eigenvalue weighted by Crippen LogP contribution is -2.08. The molecule has 1 aromatic carbocycles. The standard InChI is InChI=1S/C17H22OS/c1-11-6-7-12(2)13(10-11)16(18)14-8-9-15(19-14)17(3,4)5/h6-10,16,18H,1-5H3. The molecule has 1 atom stereocenters. The van der Waals surface area contributed by atoms with E-state index in [0.29, 0.717) is 0 Å². The zero-order valence-corrected chi connectivity index (χ0v) is 13.1. The second kappa shape index (κ2) is 5.10. The first-order valence-corrected chi connectivity index (χ1v) is 7.46. The van der Waals surface area contributed by atoms with Crippen LogP contribution in [0, 0.1) is 13.8 Å². The van der Waals surface area contributed by atoms with Gasteiger partial charge >= 0.3 is 0 Å². The Balaban J connectivity index is 2.36. The molecule has 19 heavy (non-hydrogen) atoms. The molecular formula is C17H22OS. The Kier molecular flexibility index (Phi) is 3.84. The maximum absolute atomic E-state index is 10.6. The summed E-state index contributed by atoms with van der Waals surface area (Å²) in [4.78, 5) is 2.34. The fourth-order valence-corrected chi connectivity index (χ4v) is 3.18. The minimum atomic E-state index is -0.513. The van der Waals surface area contributed by atoms with E-state index >= 15 is 0 Å². The zero-order chi connectivity index (χ0) is 14.2. The van der Waals surface area contributed by atoms with Crippen LogP contribution in [0.3, 0.4) is 0 Å². The van der Waals surface area contributed by atoms with Crippen LogP contribution in [0.5, 0.6) is 0 Å². The number of hydrogen-bond acceptors (Lipinski definition) is 2. The molecule has 0 aliphatic carbocycles. The first kappa shape index (κ1) is 14.3. The van der Waals surface area contributed by atoms with E-state index in [1.807, 2.05) is 0 Å². The fraction of sp³-hybridized carbons (Fsp3) is 0.412. The number of benzene rings is 1. The van der Waals surface area contributed by atoms with Crippen molar-refractivity contribution in [2.24, 2.45) is 0 Å². The van der Waals surface area contributed by atoms with Gasteiger partial charge in [-0.05, 0) is 42.5 Å². The molecule has 0 aliphatic heterocycles. The highest BCUT2D eigenvalue weighted by Gasteiger charge is 2.20. The third kappa shape index (κ3) is 3.07. The number of thiophene rings is 1. The summed E-state index contributed by atoms with van der Waals surface area (Å²) < 4.78 is 0. The van der Waals surface area contributed by atoms with E-state index in [0.717, 1.165) is 16.0 Å². The van der Waals surface area contributed by atoms with E-state index in [2.05, 4.69) is 65.0 Å². The number of aryl methyl sites for hydroxylation is 2. The van der Waals surface area contributed by atoms with Gasteiger partial charge in [-0.15, -0.1) is 11.3 Å². The van der Waals surface area contributed by atoms with Crippen molar-refractivity contribution in [2.45, 2.75) is 46.1 Å². The highest BCUT2D eigenvalue weighted by atomic mass is 32.1. The lowest BCUT2D eigenvalue weighted by atomic mass is 9.95. The number of hydrogen-bond donors (Lipinski definition) is 1. The topological polar surface area (TPSA) is 20.2 Å². The third-order valence-corrected chi connectivity index (χ3v) is 4.93. The molecule has 0 saturated heterocycles. The van der Waals surface area contributed by atoms with E-state index in [-0.39, 0.29) is 5.41 Å². The molecule has 1 heterocycles. The maximum atomic E-state index is 10.6. The number of rotatable bonds is 2. The summed E-state index contributed by atoms with van der Waals surface area (Å²) in [5, 5.41) is 10.6. The van der Waals surface area contributed by atoms with Crippen LogP contribution in [-0.2, 0) is 5.41 Å². The molecule has 0 radical (unpaired) electrons. The zero-order valence-electron chi connectivity index (χ0n) is 12.3. The van der Waals surface area contributed by atoms with Gasteiger partial charge in [-0.3, -0.25) is 0 Å². The third-order valence-electron chi connectivity index (χ3n) is 3.36. The predicted molar refractivity (Wildman–Crippen MR) is 83.0 cm³/mol. The van der Waals surface area contributed by atoms with Crippen LogP contribution in [-0.4, -0.2) is 5.11 Å². The molecule has 2 aromatic rings. The van der Waals surface area contributed by atoms with E-state index in [1.54, 1.807) is 11.3 Å². The van der Waals surface area contributed by atoms with Crippen molar-refractivity contribution in [3.8, 4) is 0 Å². The van der Waals surface area contributed by atoms with Crippen LogP contribution in [0.4, 0.5) is 0 Å². The summed E-state index contributed by atoms with van der Waals surface area (Å²) >= 11 is 1.71. The molecule has 0 aliphatic rings. The molecule has 0 bridgehead atoms. The van der Waals surface area contributed by atoms with Crippen LogP contribution in [0.25, 0.3) is 0 Å². The molecule has 2 rings (SSSR count). The molecule has 1 unspecified atom stereocenters. The molecule has 1 nitrogen and oxygen atoms in total. The summed E-state index contributed by atoms with van der Waals surface area (Å²) in [6, 6.07) is 10.4. The van der Waals surface area contributed by atoms with E-state index < -0.39 is 6.10 Å². The lowest BCUT2D eigenvalue weighted by Gasteiger charge is -2.16. The predicted octanol–water partition coefficient (Wildman–Crippen LogP) is 4.74. The van der Waals surface area contributed by atoms with Crippen LogP contribution >= 0.6 is 11.3 Å². The number of aliphatic hydroxyl groups excluding tert-OH is 1. The first-order chi connectivity index (χ1) is 8.79. The highest BCUT2D eigenvalue weighted by molar-refractivity contribution is 7.12. The van der Waals surface area contributed by atoms with Gasteiger partial charge in [0.15, 0.2) is 0 Å². The van der Waals surface area contributed by atoms with Gasteiger partial charge in [-0.25, -0.2) is 0 Å². The van der Waals surface area contributed by atoms with Crippen molar-refractivity contribution in [1.82, 2.24) is 0 Å². The van der Waals surface area contributed by atoms with E-state index in [9.17, 15) is 5.11 Å². The van der Waals surface area contributed by atoms with Crippen molar-refractivity contribution < 1.29 is 5.11 Å². The van der Waals surface area contributed by atoms with Crippen LogP contribution in [0.1, 0.15) is 53.3 Å². The van der Waals surface area contributed by atoms with Crippen molar-refractivity contribution in [3.05, 3.63) is 56.8 Å². The van der Waals surface area contributed by atoms with Crippen LogP contribution < -0.4 is 0 Å². The van der Waals surface area contributed by atoms with Gasteiger partial charge in [0.1, 0.15) is 6.10 Å². The summed E-state index contributed by atoms with van der Waals surface area (Å²) in [7, 11) is 0. The fourth-order valence-electron chi connectivity index (χ4n) is 2.11. The van der Waals surface area contributed by atoms with Crippen LogP contribution in [0.2, 0.25) is 0 Å². The Morgan fingerprint density at radius 1 is 1.05 bits per heavy atom. The highest BCUT2D eigenvalue weighted by Crippen LogP contribution is 2.35. The normalized spacial score (nSPS) is 13.6. The minimum absolute atomic E-state index is 0.143. The molecule has 102 valence electrons. The summed E-state index contributed by atoms with van der Waals surface area (Å²) in [6.07, 6.45) is -0.513. The Bertz CT molecular complexity index is 575. The average molecular weight is 274 g/mol. The van der Waals surface area contributed by atoms with Gasteiger partial charge in [-0.2, -0.15) is 0 Å². The molecule has 0 fully saturated rings. The Labute approximate surface area is 119 Å². The molecule has 0 spiro atoms. The molecule has 0 amide bonds. The first-order valence-electron chi connectivity index (χ1n) is 6.64. The van der Waals surface area contributed by atoms with Crippen molar-refractivity contribution >= 4 is 11.3 Å². The van der Waals surface area contributed by atoms with E-state index in [1.165, 1.54) is 10.4 Å². The maximum Gasteiger partial charge on any atom is 0.113 e. The second-order valence-electron chi connectivity index (χ2n) is 6.21. The largest absolute Gasteiger partial charge is 0.383 e. The molecular weight excluding hydrogens is 252 g/mol. The second-order valence-corrected chi connectivity index (χ2v) is 7.33. The lowest BCUT2D eigenvalue weighted by molar-refractivity contribution is 0.223. The monoisotopic (exact) mass is 274 g/mol. The molecule has 1 N–H and O–H groups in total. The van der Waals surface area contributed by atoms with Gasteiger partial charge in [-0.1, -0.05) is 44.5 Å². The van der Waals surface area contributed by atoms with Crippen molar-refractivity contribution in [1.29, 1.82) is 0 Å². The average Bonchev–Trinajstić information content (AvgIpc) is 2.80. The minimum Gasteiger partial charge on any atom is -0.383 e. The van der Waals surface area contributed by atoms with Crippen molar-refractivity contribution in [2.75, 3.05) is 0 Å². The van der Waals surface area contributed by atoms with Gasteiger partial charge < -0.3 is 5.11 Å². The Morgan fingerprint density at radius 3 is 2.32 bits per heavy atom. The Hall–Kier alpha value is -1.12. The van der Waals surface area contributed by atoms with Crippen molar-refractivity contribution in [3.63, 3.8) is 0 Å². The quantitative estimate of drug-likeness (QED) is 0.838. The van der Waals surface area contributed by atoms with Crippen LogP contribution in [0.15, 0.2) is 30.3 Å². The summed E-state index contributed by atoms with van der Waals surface area (Å²) in [5.41, 5.74) is 3.49. The van der Waals surface area contributed by atoms with Gasteiger partial charge in [0.2, 0.25) is 0 Å². The van der Waals surface area contributed by atoms with E-state index in [4.69, 9.17) is 0 Å². The number of aliphatic hydroxyl groups is 1. The summed E-state index contributed by atoms with van der Waals surface area (Å²) in [6.45, 7) is 10.7. The molecule has 0 saturated carbocycles. The van der Waals surface area contributed by atoms with Gasteiger partial charge in [0.05, 0.1) is 0 Å². The SMILES string of the molecule is Cc1ccc(C)c(C(O)c2ccc(C(C)(C)C)s2)c1. The molecule has 2 heteroatoms. The smallest absolute Gasteiger partial charge is 0.113 e. The van der Waals surface area contributed by atoms with Gasteiger partial charge in [0.25, 0.3) is 0 Å². The van der Waals surface area contributed by atoms with Gasteiger partial charge in [0, 0.05) is 9.75 Å². The summed E-state index contributed by atoms with van der Waals surface area (Å²) in [5.74, 6) is 0. The Morgan fingerprint density at radius 2 is 1.74 bits per heavy atom.